The molecule has 3 aromatic carbocycles. The van der Waals surface area contributed by atoms with Crippen LogP contribution >= 0.6 is 15.9 Å². The molecule has 1 fully saturated rings. The van der Waals surface area contributed by atoms with Crippen molar-refractivity contribution >= 4 is 38.5 Å². The number of benzene rings is 3. The van der Waals surface area contributed by atoms with Crippen LogP contribution in [0.4, 0.5) is 0 Å². The van der Waals surface area contributed by atoms with E-state index in [1.165, 1.54) is 6.42 Å². The van der Waals surface area contributed by atoms with Gasteiger partial charge in [-0.25, -0.2) is 0 Å². The molecule has 2 amide bonds. The van der Waals surface area contributed by atoms with Gasteiger partial charge in [0.2, 0.25) is 5.91 Å². The Morgan fingerprint density at radius 1 is 1.03 bits per heavy atom. The molecule has 1 aliphatic carbocycles. The molecule has 4 rings (SSSR count). The Balaban J connectivity index is 1.52. The monoisotopic (exact) mass is 550 g/mol. The summed E-state index contributed by atoms with van der Waals surface area (Å²) in [6, 6.07) is 19.6. The van der Waals surface area contributed by atoms with Crippen LogP contribution in [0.25, 0.3) is 10.8 Å². The van der Waals surface area contributed by atoms with E-state index in [1.54, 1.807) is 4.90 Å². The van der Waals surface area contributed by atoms with Crippen molar-refractivity contribution in [2.24, 2.45) is 0 Å². The summed E-state index contributed by atoms with van der Waals surface area (Å²) < 4.78 is 6.82. The molecule has 36 heavy (non-hydrogen) atoms. The van der Waals surface area contributed by atoms with Gasteiger partial charge in [0, 0.05) is 12.6 Å². The van der Waals surface area contributed by atoms with E-state index in [2.05, 4.69) is 21.2 Å². The number of hydrogen-bond acceptors (Lipinski definition) is 3. The highest BCUT2D eigenvalue weighted by molar-refractivity contribution is 9.10. The summed E-state index contributed by atoms with van der Waals surface area (Å²) in [7, 11) is 0. The molecule has 190 valence electrons. The second-order valence-electron chi connectivity index (χ2n) is 9.66. The predicted octanol–water partition coefficient (Wildman–Crippen LogP) is 6.55. The summed E-state index contributed by atoms with van der Waals surface area (Å²) in [6.45, 7) is 4.21. The molecule has 0 unspecified atom stereocenters. The SMILES string of the molecule is CC[C@@H](C(=O)NC1CCCCC1)N(Cc1ccc(C)cc1)C(=O)COc1ccc2ccccc2c1Br. The number of hydrogen-bond donors (Lipinski definition) is 1. The molecule has 0 spiro atoms. The lowest BCUT2D eigenvalue weighted by Crippen LogP contribution is -2.52. The van der Waals surface area contributed by atoms with Crippen LogP contribution in [0.3, 0.4) is 0 Å². The van der Waals surface area contributed by atoms with Crippen molar-refractivity contribution in [1.82, 2.24) is 10.2 Å². The van der Waals surface area contributed by atoms with Crippen LogP contribution in [-0.2, 0) is 16.1 Å². The summed E-state index contributed by atoms with van der Waals surface area (Å²) in [5.74, 6) is 0.329. The van der Waals surface area contributed by atoms with Gasteiger partial charge < -0.3 is 15.0 Å². The van der Waals surface area contributed by atoms with E-state index in [-0.39, 0.29) is 24.5 Å². The maximum Gasteiger partial charge on any atom is 0.261 e. The zero-order chi connectivity index (χ0) is 25.5. The van der Waals surface area contributed by atoms with Crippen molar-refractivity contribution in [3.8, 4) is 5.75 Å². The van der Waals surface area contributed by atoms with E-state index < -0.39 is 6.04 Å². The minimum Gasteiger partial charge on any atom is -0.483 e. The first kappa shape index (κ1) is 26.2. The average molecular weight is 552 g/mol. The second kappa shape index (κ2) is 12.4. The molecule has 1 atom stereocenters. The van der Waals surface area contributed by atoms with Crippen molar-refractivity contribution in [2.45, 2.75) is 71.0 Å². The van der Waals surface area contributed by atoms with Crippen LogP contribution in [0, 0.1) is 6.92 Å². The summed E-state index contributed by atoms with van der Waals surface area (Å²) in [5.41, 5.74) is 2.15. The topological polar surface area (TPSA) is 58.6 Å². The molecule has 5 nitrogen and oxygen atoms in total. The van der Waals surface area contributed by atoms with Gasteiger partial charge in [-0.05, 0) is 64.5 Å². The van der Waals surface area contributed by atoms with E-state index in [0.29, 0.717) is 18.7 Å². The third-order valence-electron chi connectivity index (χ3n) is 6.99. The molecule has 1 N–H and O–H groups in total. The van der Waals surface area contributed by atoms with Gasteiger partial charge in [-0.3, -0.25) is 9.59 Å². The number of carbonyl (C=O) groups is 2. The lowest BCUT2D eigenvalue weighted by atomic mass is 9.95. The standard InChI is InChI=1S/C30H35BrN2O3/c1-3-26(30(35)32-24-10-5-4-6-11-24)33(19-22-15-13-21(2)14-16-22)28(34)20-36-27-18-17-23-9-7-8-12-25(23)29(27)31/h7-9,12-18,24,26H,3-6,10-11,19-20H2,1-2H3,(H,32,35)/t26-/m0/s1. The van der Waals surface area contributed by atoms with Gasteiger partial charge in [0.25, 0.3) is 5.91 Å². The van der Waals surface area contributed by atoms with E-state index in [1.807, 2.05) is 74.5 Å². The first-order chi connectivity index (χ1) is 17.5. The predicted molar refractivity (Wildman–Crippen MR) is 148 cm³/mol. The van der Waals surface area contributed by atoms with Gasteiger partial charge in [0.15, 0.2) is 6.61 Å². The third kappa shape index (κ3) is 6.47. The van der Waals surface area contributed by atoms with Crippen LogP contribution in [0.5, 0.6) is 5.75 Å². The molecule has 0 radical (unpaired) electrons. The number of halogens is 1. The number of rotatable bonds is 9. The number of nitrogens with one attached hydrogen (secondary N) is 1. The molecule has 0 aliphatic heterocycles. The van der Waals surface area contributed by atoms with E-state index in [9.17, 15) is 9.59 Å². The molecule has 1 aliphatic rings. The lowest BCUT2D eigenvalue weighted by Gasteiger charge is -2.32. The molecule has 3 aromatic rings. The summed E-state index contributed by atoms with van der Waals surface area (Å²) >= 11 is 3.64. The van der Waals surface area contributed by atoms with Crippen LogP contribution in [0.15, 0.2) is 65.1 Å². The zero-order valence-corrected chi connectivity index (χ0v) is 22.7. The Bertz CT molecular complexity index is 1190. The smallest absolute Gasteiger partial charge is 0.261 e. The molecule has 1 saturated carbocycles. The Morgan fingerprint density at radius 2 is 1.75 bits per heavy atom. The van der Waals surface area contributed by atoms with Gasteiger partial charge >= 0.3 is 0 Å². The van der Waals surface area contributed by atoms with Gasteiger partial charge in [-0.2, -0.15) is 0 Å². The van der Waals surface area contributed by atoms with E-state index in [4.69, 9.17) is 4.74 Å². The van der Waals surface area contributed by atoms with Crippen molar-refractivity contribution < 1.29 is 14.3 Å². The minimum absolute atomic E-state index is 0.0725. The van der Waals surface area contributed by atoms with Gasteiger partial charge in [0.1, 0.15) is 11.8 Å². The fraction of sp³-hybridized carbons (Fsp3) is 0.400. The van der Waals surface area contributed by atoms with Crippen LogP contribution < -0.4 is 10.1 Å². The van der Waals surface area contributed by atoms with Crippen molar-refractivity contribution in [3.05, 3.63) is 76.3 Å². The Morgan fingerprint density at radius 3 is 2.47 bits per heavy atom. The molecule has 6 heteroatoms. The summed E-state index contributed by atoms with van der Waals surface area (Å²) in [6.07, 6.45) is 6.06. The average Bonchev–Trinajstić information content (AvgIpc) is 2.90. The molecule has 0 bridgehead atoms. The Hall–Kier alpha value is -2.86. The maximum absolute atomic E-state index is 13.6. The fourth-order valence-corrected chi connectivity index (χ4v) is 5.51. The van der Waals surface area contributed by atoms with Crippen LogP contribution in [0.1, 0.15) is 56.6 Å². The Kier molecular flexibility index (Phi) is 9.03. The summed E-state index contributed by atoms with van der Waals surface area (Å²) in [5, 5.41) is 5.34. The van der Waals surface area contributed by atoms with Gasteiger partial charge in [-0.1, -0.05) is 86.3 Å². The molecular formula is C30H35BrN2O3. The molecule has 0 aromatic heterocycles. The number of fused-ring (bicyclic) bond motifs is 1. The Labute approximate surface area is 222 Å². The highest BCUT2D eigenvalue weighted by atomic mass is 79.9. The molecule has 0 saturated heterocycles. The summed E-state index contributed by atoms with van der Waals surface area (Å²) in [4.78, 5) is 28.6. The van der Waals surface area contributed by atoms with Crippen molar-refractivity contribution in [3.63, 3.8) is 0 Å². The highest BCUT2D eigenvalue weighted by Crippen LogP contribution is 2.33. The van der Waals surface area contributed by atoms with Crippen LogP contribution in [0.2, 0.25) is 0 Å². The lowest BCUT2D eigenvalue weighted by molar-refractivity contribution is -0.143. The normalized spacial score (nSPS) is 14.9. The van der Waals surface area contributed by atoms with Crippen molar-refractivity contribution in [1.29, 1.82) is 0 Å². The van der Waals surface area contributed by atoms with Crippen molar-refractivity contribution in [2.75, 3.05) is 6.61 Å². The number of amides is 2. The fourth-order valence-electron chi connectivity index (χ4n) is 4.90. The number of ether oxygens (including phenoxy) is 1. The quantitative estimate of drug-likeness (QED) is 0.328. The van der Waals surface area contributed by atoms with E-state index >= 15 is 0 Å². The number of aryl methyl sites for hydroxylation is 1. The maximum atomic E-state index is 13.6. The van der Waals surface area contributed by atoms with Gasteiger partial charge in [-0.15, -0.1) is 0 Å². The zero-order valence-electron chi connectivity index (χ0n) is 21.1. The first-order valence-corrected chi connectivity index (χ1v) is 13.7. The first-order valence-electron chi connectivity index (χ1n) is 12.9. The van der Waals surface area contributed by atoms with E-state index in [0.717, 1.165) is 52.1 Å². The molecule has 0 heterocycles. The number of nitrogens with zero attached hydrogens (tertiary/aromatic N) is 1. The molecular weight excluding hydrogens is 516 g/mol. The highest BCUT2D eigenvalue weighted by Gasteiger charge is 2.30. The largest absolute Gasteiger partial charge is 0.483 e. The minimum atomic E-state index is -0.552. The third-order valence-corrected chi connectivity index (χ3v) is 7.81. The number of carbonyl (C=O) groups excluding carboxylic acids is 2. The van der Waals surface area contributed by atoms with Gasteiger partial charge in [0.05, 0.1) is 4.47 Å². The second-order valence-corrected chi connectivity index (χ2v) is 10.5. The van der Waals surface area contributed by atoms with Crippen LogP contribution in [-0.4, -0.2) is 35.4 Å².